The lowest BCUT2D eigenvalue weighted by atomic mass is 10.1. The van der Waals surface area contributed by atoms with E-state index < -0.39 is 0 Å². The minimum atomic E-state index is -0.268. The van der Waals surface area contributed by atoms with Crippen molar-refractivity contribution in [3.05, 3.63) is 47.9 Å². The molecule has 2 aromatic heterocycles. The molecule has 2 amide bonds. The third kappa shape index (κ3) is 4.74. The molecule has 1 aliphatic rings. The van der Waals surface area contributed by atoms with Gasteiger partial charge in [0.15, 0.2) is 5.82 Å². The molecule has 3 aromatic rings. The third-order valence-corrected chi connectivity index (χ3v) is 6.18. The normalized spacial score (nSPS) is 14.0. The Balaban J connectivity index is 1.38. The first-order valence-corrected chi connectivity index (χ1v) is 11.1. The number of nitrogens with one attached hydrogen (secondary N) is 2. The van der Waals surface area contributed by atoms with Gasteiger partial charge in [-0.2, -0.15) is 0 Å². The molecule has 0 atom stereocenters. The Kier molecular flexibility index (Phi) is 6.26. The van der Waals surface area contributed by atoms with Crippen LogP contribution in [0.15, 0.2) is 46.2 Å². The van der Waals surface area contributed by atoms with Crippen molar-refractivity contribution >= 4 is 29.3 Å². The Bertz CT molecular complexity index is 1090. The topological polar surface area (TPSA) is 128 Å². The van der Waals surface area contributed by atoms with E-state index in [2.05, 4.69) is 20.8 Å². The van der Waals surface area contributed by atoms with E-state index in [1.807, 2.05) is 6.92 Å². The number of thioether (sulfide) groups is 1. The minimum Gasteiger partial charge on any atom is -0.469 e. The van der Waals surface area contributed by atoms with E-state index in [0.29, 0.717) is 28.0 Å². The summed E-state index contributed by atoms with van der Waals surface area (Å²) < 4.78 is 6.61. The number of rotatable bonds is 7. The molecule has 0 saturated heterocycles. The molecule has 1 aliphatic carbocycles. The summed E-state index contributed by atoms with van der Waals surface area (Å²) in [5.41, 5.74) is 1.67. The summed E-state index contributed by atoms with van der Waals surface area (Å²) in [6.45, 7) is 1.81. The average Bonchev–Trinajstić information content (AvgIpc) is 3.49. The van der Waals surface area contributed by atoms with E-state index in [9.17, 15) is 9.59 Å². The van der Waals surface area contributed by atoms with Crippen molar-refractivity contribution in [3.8, 4) is 11.4 Å². The molecule has 0 unspecified atom stereocenters. The zero-order chi connectivity index (χ0) is 21.8. The van der Waals surface area contributed by atoms with Crippen LogP contribution in [0.2, 0.25) is 0 Å². The van der Waals surface area contributed by atoms with Gasteiger partial charge in [0.2, 0.25) is 11.1 Å². The number of carbonyl (C=O) groups is 2. The molecule has 0 bridgehead atoms. The number of para-hydroxylation sites is 1. The first kappa shape index (κ1) is 21.0. The first-order valence-electron chi connectivity index (χ1n) is 10.1. The van der Waals surface area contributed by atoms with Gasteiger partial charge >= 0.3 is 0 Å². The molecular weight excluding hydrogens is 416 g/mol. The summed E-state index contributed by atoms with van der Waals surface area (Å²) >= 11 is 1.16. The van der Waals surface area contributed by atoms with Crippen LogP contribution < -0.4 is 16.5 Å². The molecule has 162 valence electrons. The number of nitrogens with two attached hydrogens (primary N) is 1. The second-order valence-corrected chi connectivity index (χ2v) is 8.35. The number of benzene rings is 1. The van der Waals surface area contributed by atoms with Crippen molar-refractivity contribution in [1.29, 1.82) is 0 Å². The number of nitrogen functional groups attached to an aromatic ring is 1. The molecule has 9 nitrogen and oxygen atoms in total. The fourth-order valence-corrected chi connectivity index (χ4v) is 4.27. The molecule has 4 rings (SSSR count). The number of hydrogen-bond donors (Lipinski definition) is 3. The van der Waals surface area contributed by atoms with Gasteiger partial charge in [-0.15, -0.1) is 10.2 Å². The maximum atomic E-state index is 12.7. The lowest BCUT2D eigenvalue weighted by molar-refractivity contribution is -0.113. The molecule has 31 heavy (non-hydrogen) atoms. The van der Waals surface area contributed by atoms with Crippen LogP contribution in [-0.2, 0) is 4.79 Å². The number of hydrogen-bond acceptors (Lipinski definition) is 7. The average molecular weight is 441 g/mol. The van der Waals surface area contributed by atoms with Crippen molar-refractivity contribution in [1.82, 2.24) is 20.2 Å². The quantitative estimate of drug-likeness (QED) is 0.381. The zero-order valence-electron chi connectivity index (χ0n) is 17.1. The molecule has 2 heterocycles. The van der Waals surface area contributed by atoms with Crippen LogP contribution in [0.1, 0.15) is 41.8 Å². The largest absolute Gasteiger partial charge is 0.469 e. The van der Waals surface area contributed by atoms with Gasteiger partial charge in [-0.3, -0.25) is 9.59 Å². The molecule has 0 spiro atoms. The van der Waals surface area contributed by atoms with Crippen LogP contribution in [0.5, 0.6) is 0 Å². The number of amides is 2. The highest BCUT2D eigenvalue weighted by Crippen LogP contribution is 2.25. The molecule has 1 fully saturated rings. The smallest absolute Gasteiger partial charge is 0.253 e. The van der Waals surface area contributed by atoms with Crippen LogP contribution in [0.25, 0.3) is 11.4 Å². The highest BCUT2D eigenvalue weighted by molar-refractivity contribution is 7.99. The van der Waals surface area contributed by atoms with Gasteiger partial charge in [0.1, 0.15) is 5.76 Å². The predicted molar refractivity (Wildman–Crippen MR) is 118 cm³/mol. The Labute approximate surface area is 183 Å². The zero-order valence-corrected chi connectivity index (χ0v) is 17.9. The van der Waals surface area contributed by atoms with Crippen molar-refractivity contribution in [2.24, 2.45) is 0 Å². The molecule has 0 radical (unpaired) electrons. The lowest BCUT2D eigenvalue weighted by Gasteiger charge is -2.15. The van der Waals surface area contributed by atoms with Crippen LogP contribution in [0.4, 0.5) is 5.69 Å². The Morgan fingerprint density at radius 2 is 2.00 bits per heavy atom. The summed E-state index contributed by atoms with van der Waals surface area (Å²) in [6.07, 6.45) is 5.82. The summed E-state index contributed by atoms with van der Waals surface area (Å²) in [5, 5.41) is 14.4. The van der Waals surface area contributed by atoms with E-state index in [1.54, 1.807) is 36.6 Å². The van der Waals surface area contributed by atoms with Crippen LogP contribution in [0, 0.1) is 6.92 Å². The predicted octanol–water partition coefficient (Wildman–Crippen LogP) is 2.96. The van der Waals surface area contributed by atoms with Gasteiger partial charge in [0.05, 0.1) is 28.8 Å². The van der Waals surface area contributed by atoms with Crippen molar-refractivity contribution in [2.45, 2.75) is 43.8 Å². The third-order valence-electron chi connectivity index (χ3n) is 5.23. The fourth-order valence-electron chi connectivity index (χ4n) is 3.62. The summed E-state index contributed by atoms with van der Waals surface area (Å²) in [6, 6.07) is 8.96. The Hall–Kier alpha value is -3.27. The van der Waals surface area contributed by atoms with Crippen LogP contribution in [0.3, 0.4) is 0 Å². The second-order valence-electron chi connectivity index (χ2n) is 7.40. The van der Waals surface area contributed by atoms with Gasteiger partial charge in [-0.05, 0) is 38.0 Å². The molecule has 4 N–H and O–H groups in total. The Morgan fingerprint density at radius 1 is 1.23 bits per heavy atom. The maximum absolute atomic E-state index is 12.7. The highest BCUT2D eigenvalue weighted by Gasteiger charge is 2.21. The van der Waals surface area contributed by atoms with Gasteiger partial charge in [-0.1, -0.05) is 36.7 Å². The maximum Gasteiger partial charge on any atom is 0.253 e. The number of nitrogens with zero attached hydrogens (tertiary/aromatic N) is 3. The van der Waals surface area contributed by atoms with Gasteiger partial charge in [0, 0.05) is 6.04 Å². The Morgan fingerprint density at radius 3 is 2.74 bits per heavy atom. The van der Waals surface area contributed by atoms with Crippen LogP contribution >= 0.6 is 11.8 Å². The minimum absolute atomic E-state index is 0.0677. The van der Waals surface area contributed by atoms with Gasteiger partial charge < -0.3 is 20.9 Å². The summed E-state index contributed by atoms with van der Waals surface area (Å²) in [4.78, 5) is 25.2. The number of aryl methyl sites for hydroxylation is 1. The second kappa shape index (κ2) is 9.25. The number of carbonyl (C=O) groups excluding carboxylic acids is 2. The molecular formula is C21H24N6O3S. The fraction of sp³-hybridized carbons (Fsp3) is 0.333. The number of furan rings is 1. The van der Waals surface area contributed by atoms with Crippen molar-refractivity contribution in [3.63, 3.8) is 0 Å². The van der Waals surface area contributed by atoms with Gasteiger partial charge in [0.25, 0.3) is 5.91 Å². The SMILES string of the molecule is Cc1occc1-c1nnc(SCC(=O)Nc2ccccc2C(=O)NC2CCCC2)n1N. The van der Waals surface area contributed by atoms with E-state index >= 15 is 0 Å². The van der Waals surface area contributed by atoms with E-state index in [0.717, 1.165) is 43.0 Å². The van der Waals surface area contributed by atoms with E-state index in [1.165, 1.54) is 4.68 Å². The van der Waals surface area contributed by atoms with E-state index in [-0.39, 0.29) is 23.6 Å². The first-order chi connectivity index (χ1) is 15.0. The van der Waals surface area contributed by atoms with Gasteiger partial charge in [-0.25, -0.2) is 4.68 Å². The molecule has 0 aliphatic heterocycles. The molecule has 1 aromatic carbocycles. The highest BCUT2D eigenvalue weighted by atomic mass is 32.2. The summed E-state index contributed by atoms with van der Waals surface area (Å²) in [5.74, 6) is 6.86. The molecule has 10 heteroatoms. The monoisotopic (exact) mass is 440 g/mol. The van der Waals surface area contributed by atoms with Crippen molar-refractivity contribution < 1.29 is 14.0 Å². The molecule has 1 saturated carbocycles. The van der Waals surface area contributed by atoms with E-state index in [4.69, 9.17) is 10.3 Å². The van der Waals surface area contributed by atoms with Crippen LogP contribution in [-0.4, -0.2) is 38.5 Å². The lowest BCUT2D eigenvalue weighted by Crippen LogP contribution is -2.33. The standard InChI is InChI=1S/C21H24N6O3S/c1-13-15(10-11-30-13)19-25-26-21(27(19)22)31-12-18(28)24-17-9-5-4-8-16(17)20(29)23-14-6-2-3-7-14/h4-5,8-11,14H,2-3,6-7,12,22H2,1H3,(H,23,29)(H,24,28). The van der Waals surface area contributed by atoms with Crippen molar-refractivity contribution in [2.75, 3.05) is 16.9 Å². The summed E-state index contributed by atoms with van der Waals surface area (Å²) in [7, 11) is 0. The number of anilines is 1. The number of aromatic nitrogens is 3.